The summed E-state index contributed by atoms with van der Waals surface area (Å²) in [5, 5.41) is 23.6. The predicted molar refractivity (Wildman–Crippen MR) is 95.2 cm³/mol. The molecule has 0 radical (unpaired) electrons. The van der Waals surface area contributed by atoms with Crippen molar-refractivity contribution in [3.05, 3.63) is 46.5 Å². The second-order valence-corrected chi connectivity index (χ2v) is 5.45. The standard InChI is InChI=1S/C17H16N8/c1-2-9-5-3-4-6-10(9)14-12-13(20)11(7-18)15(21)24-16(12)25-17(23-14)22-8-19/h3-6,14H,2H2,1H3,(H6,20,21,22,23,24,25). The summed E-state index contributed by atoms with van der Waals surface area (Å²) in [6, 6.07) is 9.32. The number of fused-ring (bicyclic) bond motifs is 1. The van der Waals surface area contributed by atoms with Crippen molar-refractivity contribution in [1.82, 2.24) is 10.3 Å². The van der Waals surface area contributed by atoms with Crippen LogP contribution in [-0.4, -0.2) is 10.9 Å². The number of nitriles is 2. The number of anilines is 3. The smallest absolute Gasteiger partial charge is 0.211 e. The molecule has 0 amide bonds. The second kappa shape index (κ2) is 6.38. The zero-order chi connectivity index (χ0) is 18.0. The molecule has 2 aromatic rings. The molecule has 6 N–H and O–H groups in total. The van der Waals surface area contributed by atoms with Gasteiger partial charge in [0.05, 0.1) is 5.69 Å². The van der Waals surface area contributed by atoms with E-state index in [4.69, 9.17) is 16.7 Å². The van der Waals surface area contributed by atoms with E-state index in [0.717, 1.165) is 17.5 Å². The first-order chi connectivity index (χ1) is 12.1. The van der Waals surface area contributed by atoms with Gasteiger partial charge in [-0.2, -0.15) is 10.5 Å². The van der Waals surface area contributed by atoms with Crippen LogP contribution in [0.3, 0.4) is 0 Å². The van der Waals surface area contributed by atoms with Crippen molar-refractivity contribution in [3.63, 3.8) is 0 Å². The predicted octanol–water partition coefficient (Wildman–Crippen LogP) is 1.62. The Labute approximate surface area is 144 Å². The molecule has 0 bridgehead atoms. The van der Waals surface area contributed by atoms with Gasteiger partial charge in [0.15, 0.2) is 6.19 Å². The molecule has 8 nitrogen and oxygen atoms in total. The van der Waals surface area contributed by atoms with Crippen molar-refractivity contribution in [1.29, 1.82) is 10.5 Å². The third kappa shape index (κ3) is 2.66. The number of guanidine groups is 1. The van der Waals surface area contributed by atoms with E-state index in [9.17, 15) is 5.26 Å². The first-order valence-electron chi connectivity index (χ1n) is 7.67. The first-order valence-corrected chi connectivity index (χ1v) is 7.67. The van der Waals surface area contributed by atoms with E-state index >= 15 is 0 Å². The molecule has 3 rings (SSSR count). The lowest BCUT2D eigenvalue weighted by Crippen LogP contribution is -2.33. The van der Waals surface area contributed by atoms with Gasteiger partial charge in [-0.05, 0) is 17.5 Å². The fourth-order valence-electron chi connectivity index (χ4n) is 2.93. The molecule has 25 heavy (non-hydrogen) atoms. The summed E-state index contributed by atoms with van der Waals surface area (Å²) in [6.45, 7) is 2.05. The number of hydrogen-bond acceptors (Lipinski definition) is 8. The lowest BCUT2D eigenvalue weighted by atomic mass is 9.91. The van der Waals surface area contributed by atoms with Gasteiger partial charge in [0, 0.05) is 5.56 Å². The number of nitrogens with two attached hydrogens (primary N) is 2. The molecule has 124 valence electrons. The number of nitrogens with zero attached hydrogens (tertiary/aromatic N) is 4. The Bertz CT molecular complexity index is 948. The van der Waals surface area contributed by atoms with Crippen molar-refractivity contribution in [2.45, 2.75) is 19.4 Å². The molecule has 0 saturated carbocycles. The molecule has 1 aliphatic rings. The summed E-state index contributed by atoms with van der Waals surface area (Å²) in [4.78, 5) is 8.80. The van der Waals surface area contributed by atoms with Crippen LogP contribution in [0.25, 0.3) is 0 Å². The van der Waals surface area contributed by atoms with Crippen molar-refractivity contribution >= 4 is 23.3 Å². The van der Waals surface area contributed by atoms with Gasteiger partial charge in [-0.1, -0.05) is 31.2 Å². The minimum absolute atomic E-state index is 0.0342. The van der Waals surface area contributed by atoms with Crippen molar-refractivity contribution in [3.8, 4) is 12.3 Å². The molecular formula is C17H16N8. The van der Waals surface area contributed by atoms with Crippen LogP contribution >= 0.6 is 0 Å². The van der Waals surface area contributed by atoms with Crippen LogP contribution in [0.15, 0.2) is 29.3 Å². The maximum Gasteiger partial charge on any atom is 0.211 e. The Morgan fingerprint density at radius 3 is 2.72 bits per heavy atom. The highest BCUT2D eigenvalue weighted by Gasteiger charge is 2.30. The van der Waals surface area contributed by atoms with Crippen LogP contribution in [0.2, 0.25) is 0 Å². The van der Waals surface area contributed by atoms with Crippen molar-refractivity contribution in [2.75, 3.05) is 16.8 Å². The fourth-order valence-corrected chi connectivity index (χ4v) is 2.93. The van der Waals surface area contributed by atoms with Gasteiger partial charge in [-0.25, -0.2) is 9.98 Å². The molecule has 0 spiro atoms. The summed E-state index contributed by atoms with van der Waals surface area (Å²) in [5.41, 5.74) is 15.0. The Balaban J connectivity index is 2.28. The SMILES string of the molecule is CCc1ccccc1C1N=C(NC#N)Nc2nc(N)c(C#N)c(N)c21. The molecule has 2 heterocycles. The van der Waals surface area contributed by atoms with E-state index < -0.39 is 6.04 Å². The van der Waals surface area contributed by atoms with Crippen molar-refractivity contribution in [2.24, 2.45) is 4.99 Å². The van der Waals surface area contributed by atoms with Gasteiger partial charge in [-0.3, -0.25) is 5.32 Å². The summed E-state index contributed by atoms with van der Waals surface area (Å²) < 4.78 is 0. The molecule has 1 atom stereocenters. The van der Waals surface area contributed by atoms with E-state index in [1.807, 2.05) is 43.5 Å². The summed E-state index contributed by atoms with van der Waals surface area (Å²) in [5.74, 6) is 0.673. The van der Waals surface area contributed by atoms with Gasteiger partial charge in [0.1, 0.15) is 29.3 Å². The van der Waals surface area contributed by atoms with E-state index in [0.29, 0.717) is 11.4 Å². The minimum Gasteiger partial charge on any atom is -0.397 e. The van der Waals surface area contributed by atoms with Gasteiger partial charge < -0.3 is 16.8 Å². The van der Waals surface area contributed by atoms with Crippen LogP contribution in [0, 0.1) is 22.8 Å². The highest BCUT2D eigenvalue weighted by atomic mass is 15.2. The fraction of sp³-hybridized carbons (Fsp3) is 0.176. The maximum absolute atomic E-state index is 9.33. The summed E-state index contributed by atoms with van der Waals surface area (Å²) in [6.07, 6.45) is 2.64. The van der Waals surface area contributed by atoms with Crippen LogP contribution < -0.4 is 22.1 Å². The summed E-state index contributed by atoms with van der Waals surface area (Å²) >= 11 is 0. The lowest BCUT2D eigenvalue weighted by molar-refractivity contribution is 0.829. The monoisotopic (exact) mass is 332 g/mol. The average Bonchev–Trinajstić information content (AvgIpc) is 2.61. The number of hydrogen-bond donors (Lipinski definition) is 4. The van der Waals surface area contributed by atoms with E-state index in [1.54, 1.807) is 0 Å². The highest BCUT2D eigenvalue weighted by Crippen LogP contribution is 2.41. The Morgan fingerprint density at radius 2 is 2.04 bits per heavy atom. The largest absolute Gasteiger partial charge is 0.397 e. The van der Waals surface area contributed by atoms with Crippen molar-refractivity contribution < 1.29 is 0 Å². The van der Waals surface area contributed by atoms with Gasteiger partial charge >= 0.3 is 0 Å². The summed E-state index contributed by atoms with van der Waals surface area (Å²) in [7, 11) is 0. The average molecular weight is 332 g/mol. The molecule has 0 aliphatic carbocycles. The van der Waals surface area contributed by atoms with Gasteiger partial charge in [-0.15, -0.1) is 0 Å². The molecule has 8 heteroatoms. The van der Waals surface area contributed by atoms with Crippen LogP contribution in [0.1, 0.15) is 35.2 Å². The molecule has 1 aromatic carbocycles. The third-order valence-corrected chi connectivity index (χ3v) is 4.09. The number of rotatable bonds is 2. The Hall–Kier alpha value is -3.78. The zero-order valence-electron chi connectivity index (χ0n) is 13.5. The Kier molecular flexibility index (Phi) is 4.11. The zero-order valence-corrected chi connectivity index (χ0v) is 13.5. The van der Waals surface area contributed by atoms with E-state index in [-0.39, 0.29) is 23.0 Å². The van der Waals surface area contributed by atoms with E-state index in [1.165, 1.54) is 0 Å². The molecular weight excluding hydrogens is 316 g/mol. The quantitative estimate of drug-likeness (QED) is 0.482. The first kappa shape index (κ1) is 16.1. The highest BCUT2D eigenvalue weighted by molar-refractivity contribution is 5.98. The maximum atomic E-state index is 9.33. The number of nitrogen functional groups attached to an aromatic ring is 2. The number of nitrogens with one attached hydrogen (secondary N) is 2. The van der Waals surface area contributed by atoms with Gasteiger partial charge in [0.25, 0.3) is 0 Å². The third-order valence-electron chi connectivity index (χ3n) is 4.09. The number of pyridine rings is 1. The number of aryl methyl sites for hydroxylation is 1. The second-order valence-electron chi connectivity index (χ2n) is 5.45. The van der Waals surface area contributed by atoms with Crippen LogP contribution in [-0.2, 0) is 6.42 Å². The number of aliphatic imine (C=N–C) groups is 1. The van der Waals surface area contributed by atoms with E-state index in [2.05, 4.69) is 20.6 Å². The lowest BCUT2D eigenvalue weighted by Gasteiger charge is -2.27. The molecule has 0 fully saturated rings. The molecule has 1 unspecified atom stereocenters. The van der Waals surface area contributed by atoms with Gasteiger partial charge in [0.2, 0.25) is 5.96 Å². The molecule has 1 aliphatic heterocycles. The number of benzene rings is 1. The molecule has 1 aromatic heterocycles. The minimum atomic E-state index is -0.497. The molecule has 0 saturated heterocycles. The van der Waals surface area contributed by atoms with Crippen LogP contribution in [0.4, 0.5) is 17.3 Å². The topological polar surface area (TPSA) is 149 Å². The Morgan fingerprint density at radius 1 is 1.28 bits per heavy atom. The number of aromatic nitrogens is 1. The van der Waals surface area contributed by atoms with Crippen LogP contribution in [0.5, 0.6) is 0 Å². The normalized spacial score (nSPS) is 15.2.